The summed E-state index contributed by atoms with van der Waals surface area (Å²) in [5.41, 5.74) is 1.67. The Hall–Kier alpha value is -2.23. The second kappa shape index (κ2) is 7.36. The normalized spacial score (nSPS) is 14.3. The lowest BCUT2D eigenvalue weighted by Crippen LogP contribution is -2.39. The third-order valence-corrected chi connectivity index (χ3v) is 4.47. The van der Waals surface area contributed by atoms with Gasteiger partial charge in [-0.1, -0.05) is 30.7 Å². The summed E-state index contributed by atoms with van der Waals surface area (Å²) in [4.78, 5) is 18.6. The van der Waals surface area contributed by atoms with Gasteiger partial charge in [0.15, 0.2) is 0 Å². The van der Waals surface area contributed by atoms with Crippen LogP contribution in [-0.2, 0) is 17.8 Å². The number of benzene rings is 1. The van der Waals surface area contributed by atoms with Crippen LogP contribution in [-0.4, -0.2) is 22.3 Å². The molecule has 23 heavy (non-hydrogen) atoms. The average molecular weight is 312 g/mol. The minimum atomic E-state index is -0.204. The smallest absolute Gasteiger partial charge is 0.225 e. The van der Waals surface area contributed by atoms with Crippen LogP contribution in [0, 0.1) is 11.7 Å². The van der Waals surface area contributed by atoms with E-state index in [-0.39, 0.29) is 17.6 Å². The Bertz CT molecular complexity index is 655. The molecule has 1 aromatic heterocycles. The van der Waals surface area contributed by atoms with Crippen LogP contribution in [0.5, 0.6) is 0 Å². The van der Waals surface area contributed by atoms with E-state index in [4.69, 9.17) is 0 Å². The van der Waals surface area contributed by atoms with Crippen molar-refractivity contribution in [3.8, 4) is 0 Å². The number of pyridine rings is 1. The van der Waals surface area contributed by atoms with E-state index >= 15 is 0 Å². The molecule has 3 nitrogen and oxygen atoms in total. The molecular weight excluding hydrogens is 291 g/mol. The minimum Gasteiger partial charge on any atom is -0.338 e. The fourth-order valence-electron chi connectivity index (χ4n) is 2.85. The van der Waals surface area contributed by atoms with Gasteiger partial charge in [0.1, 0.15) is 5.82 Å². The van der Waals surface area contributed by atoms with Crippen LogP contribution in [0.4, 0.5) is 4.39 Å². The Morgan fingerprint density at radius 2 is 2.04 bits per heavy atom. The third-order valence-electron chi connectivity index (χ3n) is 4.47. The molecule has 4 heteroatoms. The number of aromatic nitrogens is 1. The molecular formula is C19H21FN2O. The second-order valence-electron chi connectivity index (χ2n) is 6.09. The van der Waals surface area contributed by atoms with Gasteiger partial charge in [0.25, 0.3) is 0 Å². The summed E-state index contributed by atoms with van der Waals surface area (Å²) in [5, 5.41) is 0. The van der Waals surface area contributed by atoms with Crippen molar-refractivity contribution < 1.29 is 9.18 Å². The molecule has 0 bridgehead atoms. The van der Waals surface area contributed by atoms with Gasteiger partial charge in [-0.3, -0.25) is 9.78 Å². The molecule has 1 aliphatic rings. The molecule has 1 saturated carbocycles. The van der Waals surface area contributed by atoms with Gasteiger partial charge in [0, 0.05) is 31.4 Å². The quantitative estimate of drug-likeness (QED) is 0.816. The summed E-state index contributed by atoms with van der Waals surface area (Å²) in [7, 11) is 0. The summed E-state index contributed by atoms with van der Waals surface area (Å²) in [6, 6.07) is 10.6. The maximum Gasteiger partial charge on any atom is 0.225 e. The van der Waals surface area contributed by atoms with Gasteiger partial charge in [-0.15, -0.1) is 0 Å². The van der Waals surface area contributed by atoms with Gasteiger partial charge in [-0.25, -0.2) is 4.39 Å². The zero-order valence-electron chi connectivity index (χ0n) is 13.1. The zero-order chi connectivity index (χ0) is 16.1. The summed E-state index contributed by atoms with van der Waals surface area (Å²) >= 11 is 0. The van der Waals surface area contributed by atoms with E-state index in [9.17, 15) is 9.18 Å². The van der Waals surface area contributed by atoms with Gasteiger partial charge < -0.3 is 4.90 Å². The Balaban J connectivity index is 1.69. The fraction of sp³-hybridized carbons (Fsp3) is 0.368. The third kappa shape index (κ3) is 3.95. The first-order valence-corrected chi connectivity index (χ1v) is 8.15. The van der Waals surface area contributed by atoms with Gasteiger partial charge >= 0.3 is 0 Å². The molecule has 1 aromatic carbocycles. The molecule has 0 spiro atoms. The van der Waals surface area contributed by atoms with E-state index in [1.807, 2.05) is 23.1 Å². The Kier molecular flexibility index (Phi) is 5.01. The van der Waals surface area contributed by atoms with Crippen molar-refractivity contribution in [3.63, 3.8) is 0 Å². The highest BCUT2D eigenvalue weighted by Crippen LogP contribution is 2.29. The molecule has 1 aliphatic carbocycles. The molecule has 1 fully saturated rings. The Morgan fingerprint density at radius 1 is 1.22 bits per heavy atom. The number of amides is 1. The van der Waals surface area contributed by atoms with Crippen LogP contribution in [0.1, 0.15) is 30.4 Å². The molecule has 0 atom stereocenters. The monoisotopic (exact) mass is 312 g/mol. The molecule has 1 amide bonds. The summed E-state index contributed by atoms with van der Waals surface area (Å²) in [5.74, 6) is 0.133. The van der Waals surface area contributed by atoms with Crippen LogP contribution in [0.2, 0.25) is 0 Å². The lowest BCUT2D eigenvalue weighted by molar-refractivity contribution is -0.138. The van der Waals surface area contributed by atoms with Crippen molar-refractivity contribution in [3.05, 3.63) is 65.7 Å². The van der Waals surface area contributed by atoms with Crippen LogP contribution in [0.3, 0.4) is 0 Å². The first-order valence-electron chi connectivity index (χ1n) is 8.15. The van der Waals surface area contributed by atoms with E-state index in [1.54, 1.807) is 24.5 Å². The minimum absolute atomic E-state index is 0.146. The molecule has 0 radical (unpaired) electrons. The highest BCUT2D eigenvalue weighted by Gasteiger charge is 2.29. The molecule has 3 rings (SSSR count). The number of carbonyl (C=O) groups excluding carboxylic acids is 1. The molecule has 0 aliphatic heterocycles. The first-order chi connectivity index (χ1) is 11.2. The first kappa shape index (κ1) is 15.7. The Labute approximate surface area is 136 Å². The molecule has 0 N–H and O–H groups in total. The average Bonchev–Trinajstić information content (AvgIpc) is 2.52. The lowest BCUT2D eigenvalue weighted by atomic mass is 9.84. The topological polar surface area (TPSA) is 33.2 Å². The number of hydrogen-bond acceptors (Lipinski definition) is 2. The number of rotatable bonds is 6. The highest BCUT2D eigenvalue weighted by atomic mass is 19.1. The van der Waals surface area contributed by atoms with Crippen molar-refractivity contribution >= 4 is 5.91 Å². The summed E-state index contributed by atoms with van der Waals surface area (Å²) in [6.45, 7) is 1.07. The lowest BCUT2D eigenvalue weighted by Gasteiger charge is -2.32. The van der Waals surface area contributed by atoms with E-state index in [2.05, 4.69) is 4.98 Å². The number of carbonyl (C=O) groups is 1. The van der Waals surface area contributed by atoms with E-state index in [0.29, 0.717) is 25.1 Å². The maximum absolute atomic E-state index is 13.8. The second-order valence-corrected chi connectivity index (χ2v) is 6.09. The van der Waals surface area contributed by atoms with Crippen LogP contribution >= 0.6 is 0 Å². The standard InChI is InChI=1S/C19H21FN2O/c20-18-9-2-1-6-16(18)10-12-22(19(23)17-7-3-8-17)14-15-5-4-11-21-13-15/h1-2,4-6,9,11,13,17H,3,7-8,10,12,14H2. The highest BCUT2D eigenvalue weighted by molar-refractivity contribution is 5.79. The molecule has 2 aromatic rings. The van der Waals surface area contributed by atoms with Crippen LogP contribution in [0.25, 0.3) is 0 Å². The van der Waals surface area contributed by atoms with Crippen LogP contribution < -0.4 is 0 Å². The maximum atomic E-state index is 13.8. The van der Waals surface area contributed by atoms with Gasteiger partial charge in [-0.2, -0.15) is 0 Å². The van der Waals surface area contributed by atoms with Crippen molar-refractivity contribution in [1.82, 2.24) is 9.88 Å². The van der Waals surface area contributed by atoms with Gasteiger partial charge in [0.05, 0.1) is 0 Å². The van der Waals surface area contributed by atoms with Crippen molar-refractivity contribution in [2.75, 3.05) is 6.54 Å². The SMILES string of the molecule is O=C(C1CCC1)N(CCc1ccccc1F)Cc1cccnc1. The van der Waals surface area contributed by atoms with Crippen molar-refractivity contribution in [2.24, 2.45) is 5.92 Å². The largest absolute Gasteiger partial charge is 0.338 e. The number of hydrogen-bond donors (Lipinski definition) is 0. The molecule has 0 saturated heterocycles. The predicted octanol–water partition coefficient (Wildman–Crippen LogP) is 3.59. The Morgan fingerprint density at radius 3 is 2.70 bits per heavy atom. The van der Waals surface area contributed by atoms with Crippen LogP contribution in [0.15, 0.2) is 48.8 Å². The van der Waals surface area contributed by atoms with Gasteiger partial charge in [-0.05, 0) is 42.5 Å². The van der Waals surface area contributed by atoms with Crippen molar-refractivity contribution in [1.29, 1.82) is 0 Å². The molecule has 120 valence electrons. The van der Waals surface area contributed by atoms with E-state index < -0.39 is 0 Å². The number of halogens is 1. The summed E-state index contributed by atoms with van der Waals surface area (Å²) < 4.78 is 13.8. The molecule has 0 unspecified atom stereocenters. The molecule has 1 heterocycles. The fourth-order valence-corrected chi connectivity index (χ4v) is 2.85. The van der Waals surface area contributed by atoms with Gasteiger partial charge in [0.2, 0.25) is 5.91 Å². The zero-order valence-corrected chi connectivity index (χ0v) is 13.1. The number of nitrogens with zero attached hydrogens (tertiary/aromatic N) is 2. The van der Waals surface area contributed by atoms with E-state index in [0.717, 1.165) is 24.8 Å². The van der Waals surface area contributed by atoms with E-state index in [1.165, 1.54) is 6.07 Å². The predicted molar refractivity (Wildman–Crippen MR) is 87.1 cm³/mol. The summed E-state index contributed by atoms with van der Waals surface area (Å²) in [6.07, 6.45) is 7.12. The van der Waals surface area contributed by atoms with Crippen molar-refractivity contribution in [2.45, 2.75) is 32.2 Å².